The smallest absolute Gasteiger partial charge is 0.345 e. The first-order valence-corrected chi connectivity index (χ1v) is 3.89. The Morgan fingerprint density at radius 3 is 2.42 bits per heavy atom. The van der Waals surface area contributed by atoms with Crippen LogP contribution < -0.4 is 0 Å². The molecule has 1 saturated heterocycles. The molecular weight excluding hydrogens is 160 g/mol. The van der Waals surface area contributed by atoms with Gasteiger partial charge >= 0.3 is 11.9 Å². The fourth-order valence-corrected chi connectivity index (χ4v) is 2.17. The van der Waals surface area contributed by atoms with Gasteiger partial charge in [0, 0.05) is 5.92 Å². The lowest BCUT2D eigenvalue weighted by Gasteiger charge is -2.13. The molecule has 4 nitrogen and oxygen atoms in total. The standard InChI is InChI=1S/C8H10O4/c1-8(2)3-4(8)7(11)12-5(3)6(9)10/h3-5H,1-2H3,(H,9,10)/t3-,4+,5-/m1/s1. The summed E-state index contributed by atoms with van der Waals surface area (Å²) in [6.45, 7) is 3.80. The molecule has 2 fully saturated rings. The number of carboxylic acid groups (broad SMARTS) is 1. The summed E-state index contributed by atoms with van der Waals surface area (Å²) in [6.07, 6.45) is -0.905. The van der Waals surface area contributed by atoms with E-state index in [0.717, 1.165) is 0 Å². The van der Waals surface area contributed by atoms with Gasteiger partial charge in [-0.2, -0.15) is 0 Å². The zero-order valence-electron chi connectivity index (χ0n) is 6.90. The molecule has 1 aliphatic heterocycles. The number of ether oxygens (including phenoxy) is 1. The molecule has 4 heteroatoms. The number of carboxylic acids is 1. The molecule has 0 aromatic carbocycles. The van der Waals surface area contributed by atoms with Gasteiger partial charge in [-0.05, 0) is 5.41 Å². The maximum absolute atomic E-state index is 11.1. The highest BCUT2D eigenvalue weighted by Gasteiger charge is 2.72. The van der Waals surface area contributed by atoms with E-state index >= 15 is 0 Å². The Bertz CT molecular complexity index is 268. The molecule has 3 atom stereocenters. The summed E-state index contributed by atoms with van der Waals surface area (Å²) in [5.41, 5.74) is -0.168. The Kier molecular flexibility index (Phi) is 1.14. The van der Waals surface area contributed by atoms with Crippen LogP contribution >= 0.6 is 0 Å². The second kappa shape index (κ2) is 1.81. The van der Waals surface area contributed by atoms with Crippen molar-refractivity contribution in [3.05, 3.63) is 0 Å². The molecule has 0 unspecified atom stereocenters. The van der Waals surface area contributed by atoms with Crippen LogP contribution in [0.3, 0.4) is 0 Å². The third kappa shape index (κ3) is 0.673. The first-order chi connectivity index (χ1) is 5.46. The molecule has 12 heavy (non-hydrogen) atoms. The Morgan fingerprint density at radius 2 is 2.17 bits per heavy atom. The van der Waals surface area contributed by atoms with Crippen LogP contribution in [0.4, 0.5) is 0 Å². The van der Waals surface area contributed by atoms with Crippen LogP contribution in [0.15, 0.2) is 0 Å². The number of aliphatic carboxylic acids is 1. The van der Waals surface area contributed by atoms with Gasteiger partial charge in [0.25, 0.3) is 0 Å². The summed E-state index contributed by atoms with van der Waals surface area (Å²) in [7, 11) is 0. The van der Waals surface area contributed by atoms with Crippen molar-refractivity contribution in [2.24, 2.45) is 17.3 Å². The number of hydrogen-bond donors (Lipinski definition) is 1. The SMILES string of the molecule is CC1(C)[C@@H]2[C@H]1C(=O)O[C@H]2C(=O)O. The van der Waals surface area contributed by atoms with Gasteiger partial charge in [-0.3, -0.25) is 4.79 Å². The van der Waals surface area contributed by atoms with Crippen molar-refractivity contribution in [3.63, 3.8) is 0 Å². The van der Waals surface area contributed by atoms with Gasteiger partial charge in [-0.1, -0.05) is 13.8 Å². The van der Waals surface area contributed by atoms with Gasteiger partial charge in [0.1, 0.15) is 0 Å². The van der Waals surface area contributed by atoms with E-state index in [-0.39, 0.29) is 23.2 Å². The predicted octanol–water partition coefficient (Wildman–Crippen LogP) is 0.269. The van der Waals surface area contributed by atoms with Crippen LogP contribution in [0.1, 0.15) is 13.8 Å². The first kappa shape index (κ1) is 7.58. The van der Waals surface area contributed by atoms with Crippen LogP contribution in [0.2, 0.25) is 0 Å². The molecule has 0 aromatic heterocycles. The molecule has 1 aliphatic carbocycles. The van der Waals surface area contributed by atoms with Gasteiger partial charge in [-0.25, -0.2) is 4.79 Å². The highest BCUT2D eigenvalue weighted by molar-refractivity contribution is 5.88. The number of rotatable bonds is 1. The largest absolute Gasteiger partial charge is 0.478 e. The predicted molar refractivity (Wildman–Crippen MR) is 38.3 cm³/mol. The average Bonchev–Trinajstić information content (AvgIpc) is 2.37. The van der Waals surface area contributed by atoms with Gasteiger partial charge in [0.05, 0.1) is 5.92 Å². The van der Waals surface area contributed by atoms with E-state index < -0.39 is 12.1 Å². The number of esters is 1. The van der Waals surface area contributed by atoms with Crippen molar-refractivity contribution in [2.45, 2.75) is 20.0 Å². The van der Waals surface area contributed by atoms with E-state index in [9.17, 15) is 9.59 Å². The van der Waals surface area contributed by atoms with Crippen LogP contribution in [-0.4, -0.2) is 23.1 Å². The van der Waals surface area contributed by atoms with E-state index in [1.165, 1.54) is 0 Å². The summed E-state index contributed by atoms with van der Waals surface area (Å²) >= 11 is 0. The van der Waals surface area contributed by atoms with Crippen LogP contribution in [0.5, 0.6) is 0 Å². The lowest BCUT2D eigenvalue weighted by atomic mass is 10.0. The second-order valence-electron chi connectivity index (χ2n) is 4.02. The minimum absolute atomic E-state index is 0.109. The second-order valence-corrected chi connectivity index (χ2v) is 4.02. The normalized spacial score (nSPS) is 41.8. The topological polar surface area (TPSA) is 63.6 Å². The highest BCUT2D eigenvalue weighted by Crippen LogP contribution is 2.64. The fraction of sp³-hybridized carbons (Fsp3) is 0.750. The van der Waals surface area contributed by atoms with Gasteiger partial charge in [0.2, 0.25) is 6.10 Å². The third-order valence-corrected chi connectivity index (χ3v) is 2.98. The zero-order chi connectivity index (χ0) is 9.09. The molecule has 0 amide bonds. The van der Waals surface area contributed by atoms with Gasteiger partial charge in [-0.15, -0.1) is 0 Å². The van der Waals surface area contributed by atoms with Gasteiger partial charge < -0.3 is 9.84 Å². The van der Waals surface area contributed by atoms with Crippen molar-refractivity contribution < 1.29 is 19.4 Å². The minimum atomic E-state index is -1.03. The third-order valence-electron chi connectivity index (χ3n) is 2.98. The maximum atomic E-state index is 11.1. The average molecular weight is 170 g/mol. The van der Waals surface area contributed by atoms with Gasteiger partial charge in [0.15, 0.2) is 0 Å². The Labute approximate surface area is 69.5 Å². The summed E-state index contributed by atoms with van der Waals surface area (Å²) < 4.78 is 4.68. The molecule has 0 aromatic rings. The summed E-state index contributed by atoms with van der Waals surface area (Å²) in [5.74, 6) is -1.67. The van der Waals surface area contributed by atoms with Crippen LogP contribution in [0, 0.1) is 17.3 Å². The van der Waals surface area contributed by atoms with Crippen molar-refractivity contribution in [1.29, 1.82) is 0 Å². The lowest BCUT2D eigenvalue weighted by molar-refractivity contribution is -0.162. The first-order valence-electron chi connectivity index (χ1n) is 3.89. The molecule has 2 rings (SSSR count). The number of cyclic esters (lactones) is 1. The van der Waals surface area contributed by atoms with Crippen molar-refractivity contribution in [2.75, 3.05) is 0 Å². The van der Waals surface area contributed by atoms with Crippen molar-refractivity contribution >= 4 is 11.9 Å². The van der Waals surface area contributed by atoms with E-state index in [2.05, 4.69) is 4.74 Å². The van der Waals surface area contributed by atoms with E-state index in [1.807, 2.05) is 13.8 Å². The number of carbonyl (C=O) groups is 2. The monoisotopic (exact) mass is 170 g/mol. The number of carbonyl (C=O) groups excluding carboxylic acids is 1. The fourth-order valence-electron chi connectivity index (χ4n) is 2.17. The zero-order valence-corrected chi connectivity index (χ0v) is 6.90. The molecule has 1 saturated carbocycles. The van der Waals surface area contributed by atoms with E-state index in [1.54, 1.807) is 0 Å². The minimum Gasteiger partial charge on any atom is -0.478 e. The number of hydrogen-bond acceptors (Lipinski definition) is 3. The van der Waals surface area contributed by atoms with Crippen molar-refractivity contribution in [1.82, 2.24) is 0 Å². The number of fused-ring (bicyclic) bond motifs is 1. The Balaban J connectivity index is 2.25. The molecule has 2 aliphatic rings. The molecule has 1 heterocycles. The summed E-state index contributed by atoms with van der Waals surface area (Å²) in [5, 5.41) is 8.68. The van der Waals surface area contributed by atoms with Crippen LogP contribution in [0.25, 0.3) is 0 Å². The summed E-state index contributed by atoms with van der Waals surface area (Å²) in [4.78, 5) is 21.7. The Hall–Kier alpha value is -1.06. The Morgan fingerprint density at radius 1 is 1.58 bits per heavy atom. The molecule has 0 spiro atoms. The molecule has 1 N–H and O–H groups in total. The van der Waals surface area contributed by atoms with Crippen molar-refractivity contribution in [3.8, 4) is 0 Å². The maximum Gasteiger partial charge on any atom is 0.345 e. The lowest BCUT2D eigenvalue weighted by Crippen LogP contribution is -2.27. The van der Waals surface area contributed by atoms with Crippen LogP contribution in [-0.2, 0) is 14.3 Å². The van der Waals surface area contributed by atoms with E-state index in [4.69, 9.17) is 5.11 Å². The highest BCUT2D eigenvalue weighted by atomic mass is 16.6. The molecule has 66 valence electrons. The quantitative estimate of drug-likeness (QED) is 0.573. The summed E-state index contributed by atoms with van der Waals surface area (Å²) in [6, 6.07) is 0. The molecule has 0 bridgehead atoms. The van der Waals surface area contributed by atoms with E-state index in [0.29, 0.717) is 0 Å². The molecule has 0 radical (unpaired) electrons. The molecular formula is C8H10O4.